The number of hydrogen-bond donors (Lipinski definition) is 1. The Labute approximate surface area is 120 Å². The lowest BCUT2D eigenvalue weighted by Crippen LogP contribution is -2.47. The maximum Gasteiger partial charge on any atom is 0.310 e. The van der Waals surface area contributed by atoms with E-state index in [4.69, 9.17) is 0 Å². The van der Waals surface area contributed by atoms with E-state index in [1.165, 1.54) is 0 Å². The number of carboxylic acid groups (broad SMARTS) is 1. The van der Waals surface area contributed by atoms with Gasteiger partial charge in [0, 0.05) is 12.1 Å². The summed E-state index contributed by atoms with van der Waals surface area (Å²) in [7, 11) is 0. The molecular weight excluding hydrogens is 250 g/mol. The number of nitrogens with zero attached hydrogens (tertiary/aromatic N) is 1. The van der Waals surface area contributed by atoms with Crippen molar-refractivity contribution < 1.29 is 9.90 Å². The maximum atomic E-state index is 11.5. The van der Waals surface area contributed by atoms with Gasteiger partial charge in [0.2, 0.25) is 0 Å². The van der Waals surface area contributed by atoms with Gasteiger partial charge in [0.15, 0.2) is 0 Å². The molecule has 1 unspecified atom stereocenters. The predicted octanol–water partition coefficient (Wildman–Crippen LogP) is 2.61. The molecule has 1 heterocycles. The second kappa shape index (κ2) is 6.58. The van der Waals surface area contributed by atoms with Crippen molar-refractivity contribution in [3.63, 3.8) is 0 Å². The molecule has 1 aliphatic rings. The lowest BCUT2D eigenvalue weighted by atomic mass is 9.77. The van der Waals surface area contributed by atoms with E-state index in [0.717, 1.165) is 24.9 Å². The monoisotopic (exact) mass is 271 g/mol. The Bertz CT molecular complexity index is 515. The molecular formula is C17H21NO2. The van der Waals surface area contributed by atoms with Gasteiger partial charge in [0.05, 0.1) is 12.0 Å². The van der Waals surface area contributed by atoms with Crippen molar-refractivity contribution in [2.45, 2.75) is 26.2 Å². The van der Waals surface area contributed by atoms with E-state index in [-0.39, 0.29) is 0 Å². The average molecular weight is 271 g/mol. The summed E-state index contributed by atoms with van der Waals surface area (Å²) in [6.45, 7) is 4.16. The Balaban J connectivity index is 1.97. The third-order valence-corrected chi connectivity index (χ3v) is 4.10. The lowest BCUT2D eigenvalue weighted by Gasteiger charge is -2.38. The summed E-state index contributed by atoms with van der Waals surface area (Å²) in [4.78, 5) is 13.6. The fraction of sp³-hybridized carbons (Fsp3) is 0.471. The van der Waals surface area contributed by atoms with Gasteiger partial charge < -0.3 is 5.11 Å². The van der Waals surface area contributed by atoms with Crippen molar-refractivity contribution in [3.05, 3.63) is 35.9 Å². The molecule has 1 fully saturated rings. The molecule has 0 spiro atoms. The van der Waals surface area contributed by atoms with Crippen LogP contribution in [0.15, 0.2) is 30.3 Å². The number of aliphatic carboxylic acids is 1. The second-order valence-electron chi connectivity index (χ2n) is 5.42. The normalized spacial score (nSPS) is 22.9. The largest absolute Gasteiger partial charge is 0.481 e. The standard InChI is InChI=1S/C17H21NO2/c1-2-17(16(19)20)11-7-13-18(14-17)12-6-10-15-8-4-3-5-9-15/h3-5,8-9H,2,7,11-14H2,1H3,(H,19,20). The van der Waals surface area contributed by atoms with Crippen molar-refractivity contribution in [1.29, 1.82) is 0 Å². The Morgan fingerprint density at radius 3 is 2.80 bits per heavy atom. The van der Waals surface area contributed by atoms with E-state index in [9.17, 15) is 9.90 Å². The van der Waals surface area contributed by atoms with Gasteiger partial charge in [-0.15, -0.1) is 0 Å². The first kappa shape index (κ1) is 14.6. The molecule has 3 heteroatoms. The molecule has 3 nitrogen and oxygen atoms in total. The van der Waals surface area contributed by atoms with Gasteiger partial charge in [-0.2, -0.15) is 0 Å². The molecule has 1 aromatic carbocycles. The molecule has 0 saturated carbocycles. The highest BCUT2D eigenvalue weighted by Crippen LogP contribution is 2.33. The number of rotatable bonds is 3. The smallest absolute Gasteiger partial charge is 0.310 e. The van der Waals surface area contributed by atoms with Crippen LogP contribution in [0.25, 0.3) is 0 Å². The fourth-order valence-electron chi connectivity index (χ4n) is 2.75. The van der Waals surface area contributed by atoms with E-state index in [1.807, 2.05) is 37.3 Å². The maximum absolute atomic E-state index is 11.5. The van der Waals surface area contributed by atoms with Crippen molar-refractivity contribution >= 4 is 5.97 Å². The molecule has 0 amide bonds. The summed E-state index contributed by atoms with van der Waals surface area (Å²) < 4.78 is 0. The minimum absolute atomic E-state index is 0.577. The van der Waals surface area contributed by atoms with Gasteiger partial charge in [-0.3, -0.25) is 9.69 Å². The molecule has 1 N–H and O–H groups in total. The molecule has 1 aromatic rings. The number of likely N-dealkylation sites (tertiary alicyclic amines) is 1. The summed E-state index contributed by atoms with van der Waals surface area (Å²) in [6, 6.07) is 9.88. The summed E-state index contributed by atoms with van der Waals surface area (Å²) in [5.74, 6) is 5.62. The zero-order valence-electron chi connectivity index (χ0n) is 11.9. The first-order chi connectivity index (χ1) is 9.66. The molecule has 0 aromatic heterocycles. The summed E-state index contributed by atoms with van der Waals surface area (Å²) in [5.41, 5.74) is 0.427. The van der Waals surface area contributed by atoms with Gasteiger partial charge in [-0.1, -0.05) is 37.0 Å². The molecule has 20 heavy (non-hydrogen) atoms. The lowest BCUT2D eigenvalue weighted by molar-refractivity contribution is -0.152. The van der Waals surface area contributed by atoms with Gasteiger partial charge >= 0.3 is 5.97 Å². The Hall–Kier alpha value is -1.79. The topological polar surface area (TPSA) is 40.5 Å². The van der Waals surface area contributed by atoms with E-state index in [1.54, 1.807) is 0 Å². The fourth-order valence-corrected chi connectivity index (χ4v) is 2.75. The molecule has 1 aliphatic heterocycles. The quantitative estimate of drug-likeness (QED) is 0.859. The van der Waals surface area contributed by atoms with Crippen molar-refractivity contribution in [3.8, 4) is 11.8 Å². The van der Waals surface area contributed by atoms with E-state index in [2.05, 4.69) is 16.7 Å². The Kier molecular flexibility index (Phi) is 4.81. The molecule has 1 atom stereocenters. The van der Waals surface area contributed by atoms with E-state index in [0.29, 0.717) is 19.5 Å². The zero-order chi connectivity index (χ0) is 14.4. The SMILES string of the molecule is CCC1(C(=O)O)CCCN(CC#Cc2ccccc2)C1. The Morgan fingerprint density at radius 1 is 1.40 bits per heavy atom. The summed E-state index contributed by atoms with van der Waals surface area (Å²) in [5, 5.41) is 9.45. The zero-order valence-corrected chi connectivity index (χ0v) is 11.9. The number of carboxylic acids is 1. The molecule has 1 saturated heterocycles. The highest BCUT2D eigenvalue weighted by atomic mass is 16.4. The molecule has 0 aliphatic carbocycles. The predicted molar refractivity (Wildman–Crippen MR) is 79.4 cm³/mol. The van der Waals surface area contributed by atoms with Crippen LogP contribution >= 0.6 is 0 Å². The molecule has 106 valence electrons. The van der Waals surface area contributed by atoms with Crippen LogP contribution in [-0.4, -0.2) is 35.6 Å². The van der Waals surface area contributed by atoms with Crippen LogP contribution in [0.4, 0.5) is 0 Å². The number of benzene rings is 1. The first-order valence-electron chi connectivity index (χ1n) is 7.16. The molecule has 2 rings (SSSR count). The molecule has 0 radical (unpaired) electrons. The molecule has 0 bridgehead atoms. The number of hydrogen-bond acceptors (Lipinski definition) is 2. The van der Waals surface area contributed by atoms with Crippen LogP contribution in [-0.2, 0) is 4.79 Å². The van der Waals surface area contributed by atoms with Crippen LogP contribution in [0.5, 0.6) is 0 Å². The minimum atomic E-state index is -0.666. The third kappa shape index (κ3) is 3.40. The summed E-state index contributed by atoms with van der Waals surface area (Å²) >= 11 is 0. The number of carbonyl (C=O) groups is 1. The minimum Gasteiger partial charge on any atom is -0.481 e. The van der Waals surface area contributed by atoms with Crippen LogP contribution < -0.4 is 0 Å². The third-order valence-electron chi connectivity index (χ3n) is 4.10. The van der Waals surface area contributed by atoms with Crippen LogP contribution in [0.2, 0.25) is 0 Å². The average Bonchev–Trinajstić information content (AvgIpc) is 2.48. The summed E-state index contributed by atoms with van der Waals surface area (Å²) in [6.07, 6.45) is 2.40. The van der Waals surface area contributed by atoms with Gasteiger partial charge in [-0.05, 0) is 37.9 Å². The van der Waals surface area contributed by atoms with E-state index >= 15 is 0 Å². The van der Waals surface area contributed by atoms with Crippen molar-refractivity contribution in [2.24, 2.45) is 5.41 Å². The van der Waals surface area contributed by atoms with Gasteiger partial charge in [0.25, 0.3) is 0 Å². The first-order valence-corrected chi connectivity index (χ1v) is 7.16. The van der Waals surface area contributed by atoms with Crippen LogP contribution in [0.1, 0.15) is 31.7 Å². The van der Waals surface area contributed by atoms with Crippen LogP contribution in [0, 0.1) is 17.3 Å². The van der Waals surface area contributed by atoms with Crippen molar-refractivity contribution in [2.75, 3.05) is 19.6 Å². The van der Waals surface area contributed by atoms with Gasteiger partial charge in [0.1, 0.15) is 0 Å². The second-order valence-corrected chi connectivity index (χ2v) is 5.42. The van der Waals surface area contributed by atoms with Crippen LogP contribution in [0.3, 0.4) is 0 Å². The Morgan fingerprint density at radius 2 is 2.15 bits per heavy atom. The van der Waals surface area contributed by atoms with Crippen molar-refractivity contribution in [1.82, 2.24) is 4.90 Å². The van der Waals surface area contributed by atoms with E-state index < -0.39 is 11.4 Å². The number of piperidine rings is 1. The highest BCUT2D eigenvalue weighted by Gasteiger charge is 2.40. The highest BCUT2D eigenvalue weighted by molar-refractivity contribution is 5.75. The van der Waals surface area contributed by atoms with Gasteiger partial charge in [-0.25, -0.2) is 0 Å².